The number of oxazole rings is 1. The zero-order valence-electron chi connectivity index (χ0n) is 11.1. The minimum atomic E-state index is 0.674. The molecule has 0 amide bonds. The van der Waals surface area contributed by atoms with Crippen molar-refractivity contribution in [3.8, 4) is 11.5 Å². The van der Waals surface area contributed by atoms with Gasteiger partial charge in [0.2, 0.25) is 5.89 Å². The highest BCUT2D eigenvalue weighted by atomic mass is 32.2. The molecular weight excluding hydrogens is 288 g/mol. The van der Waals surface area contributed by atoms with Crippen LogP contribution in [0.15, 0.2) is 41.0 Å². The summed E-state index contributed by atoms with van der Waals surface area (Å²) in [6, 6.07) is 9.94. The Kier molecular flexibility index (Phi) is 4.38. The third kappa shape index (κ3) is 3.22. The quantitative estimate of drug-likeness (QED) is 0.801. The first-order valence-electron chi connectivity index (χ1n) is 6.74. The summed E-state index contributed by atoms with van der Waals surface area (Å²) in [7, 11) is 0. The van der Waals surface area contributed by atoms with Crippen LogP contribution in [0.25, 0.3) is 11.5 Å². The van der Waals surface area contributed by atoms with Gasteiger partial charge in [0, 0.05) is 24.4 Å². The van der Waals surface area contributed by atoms with Crippen LogP contribution < -0.4 is 0 Å². The van der Waals surface area contributed by atoms with Crippen molar-refractivity contribution in [2.45, 2.75) is 18.6 Å². The summed E-state index contributed by atoms with van der Waals surface area (Å²) in [5, 5.41) is 0. The lowest BCUT2D eigenvalue weighted by Crippen LogP contribution is -2.23. The molecule has 20 heavy (non-hydrogen) atoms. The van der Waals surface area contributed by atoms with Gasteiger partial charge < -0.3 is 9.32 Å². The Morgan fingerprint density at radius 1 is 1.25 bits per heavy atom. The standard InChI is InChI=1S/C15H16N2OS2/c19-15(17-8-4-5-9-17)20-11-13-10-18-14(16-13)12-6-2-1-3-7-12/h1-3,6-7,10H,4-5,8-9,11H2. The van der Waals surface area contributed by atoms with Crippen LogP contribution in [0.2, 0.25) is 0 Å². The number of hydrogen-bond acceptors (Lipinski definition) is 4. The fraction of sp³-hybridized carbons (Fsp3) is 0.333. The van der Waals surface area contributed by atoms with Crippen molar-refractivity contribution >= 4 is 28.3 Å². The molecule has 0 aliphatic carbocycles. The number of likely N-dealkylation sites (tertiary alicyclic amines) is 1. The number of benzene rings is 1. The predicted molar refractivity (Wildman–Crippen MR) is 86.6 cm³/mol. The van der Waals surface area contributed by atoms with Gasteiger partial charge in [0.15, 0.2) is 0 Å². The molecule has 0 unspecified atom stereocenters. The van der Waals surface area contributed by atoms with E-state index in [1.807, 2.05) is 30.3 Å². The maximum absolute atomic E-state index is 5.53. The number of rotatable bonds is 3. The van der Waals surface area contributed by atoms with Crippen molar-refractivity contribution in [3.05, 3.63) is 42.3 Å². The zero-order valence-corrected chi connectivity index (χ0v) is 12.8. The monoisotopic (exact) mass is 304 g/mol. The van der Waals surface area contributed by atoms with E-state index in [1.54, 1.807) is 18.0 Å². The minimum Gasteiger partial charge on any atom is -0.444 e. The Morgan fingerprint density at radius 2 is 2.00 bits per heavy atom. The van der Waals surface area contributed by atoms with E-state index >= 15 is 0 Å². The average Bonchev–Trinajstić information content (AvgIpc) is 3.17. The molecule has 3 nitrogen and oxygen atoms in total. The van der Waals surface area contributed by atoms with E-state index in [4.69, 9.17) is 16.6 Å². The Labute approximate surface area is 128 Å². The van der Waals surface area contributed by atoms with Crippen molar-refractivity contribution in [2.75, 3.05) is 13.1 Å². The van der Waals surface area contributed by atoms with Gasteiger partial charge in [-0.25, -0.2) is 4.98 Å². The van der Waals surface area contributed by atoms with Gasteiger partial charge in [-0.3, -0.25) is 0 Å². The van der Waals surface area contributed by atoms with E-state index in [-0.39, 0.29) is 0 Å². The highest BCUT2D eigenvalue weighted by molar-refractivity contribution is 8.22. The van der Waals surface area contributed by atoms with Gasteiger partial charge in [0.25, 0.3) is 0 Å². The molecule has 2 heterocycles. The molecule has 1 saturated heterocycles. The van der Waals surface area contributed by atoms with E-state index in [0.29, 0.717) is 5.89 Å². The lowest BCUT2D eigenvalue weighted by molar-refractivity contribution is 0.539. The normalized spacial score (nSPS) is 14.7. The third-order valence-corrected chi connectivity index (χ3v) is 4.84. The summed E-state index contributed by atoms with van der Waals surface area (Å²) in [5.41, 5.74) is 1.95. The molecule has 0 spiro atoms. The van der Waals surface area contributed by atoms with Gasteiger partial charge in [0.05, 0.1) is 5.69 Å². The smallest absolute Gasteiger partial charge is 0.226 e. The molecule has 1 aliphatic heterocycles. The van der Waals surface area contributed by atoms with Crippen molar-refractivity contribution in [2.24, 2.45) is 0 Å². The van der Waals surface area contributed by atoms with Crippen LogP contribution in [-0.2, 0) is 5.75 Å². The van der Waals surface area contributed by atoms with E-state index in [0.717, 1.165) is 34.4 Å². The fourth-order valence-corrected chi connectivity index (χ4v) is 3.34. The van der Waals surface area contributed by atoms with Crippen LogP contribution in [-0.4, -0.2) is 27.3 Å². The number of aromatic nitrogens is 1. The minimum absolute atomic E-state index is 0.674. The predicted octanol–water partition coefficient (Wildman–Crippen LogP) is 3.96. The lowest BCUT2D eigenvalue weighted by atomic mass is 10.2. The largest absolute Gasteiger partial charge is 0.444 e. The molecule has 1 aromatic carbocycles. The SMILES string of the molecule is S=C(SCc1coc(-c2ccccc2)n1)N1CCCC1. The van der Waals surface area contributed by atoms with Crippen LogP contribution in [0.1, 0.15) is 18.5 Å². The second kappa shape index (κ2) is 6.41. The summed E-state index contributed by atoms with van der Waals surface area (Å²) in [4.78, 5) is 6.79. The maximum atomic E-state index is 5.53. The Bertz CT molecular complexity index is 577. The third-order valence-electron chi connectivity index (χ3n) is 3.28. The fourth-order valence-electron chi connectivity index (χ4n) is 2.21. The molecule has 0 radical (unpaired) electrons. The first-order valence-corrected chi connectivity index (χ1v) is 8.14. The average molecular weight is 304 g/mol. The number of thiocarbonyl (C=S) groups is 1. The maximum Gasteiger partial charge on any atom is 0.226 e. The van der Waals surface area contributed by atoms with Crippen molar-refractivity contribution < 1.29 is 4.42 Å². The Morgan fingerprint density at radius 3 is 2.75 bits per heavy atom. The van der Waals surface area contributed by atoms with E-state index in [9.17, 15) is 0 Å². The van der Waals surface area contributed by atoms with Crippen LogP contribution in [0.4, 0.5) is 0 Å². The molecular formula is C15H16N2OS2. The second-order valence-corrected chi connectivity index (χ2v) is 6.37. The first-order chi connectivity index (χ1) is 9.83. The Balaban J connectivity index is 1.59. The van der Waals surface area contributed by atoms with Crippen LogP contribution in [0.5, 0.6) is 0 Å². The molecule has 0 N–H and O–H groups in total. The molecule has 0 saturated carbocycles. The molecule has 1 fully saturated rings. The second-order valence-electron chi connectivity index (χ2n) is 4.76. The molecule has 3 rings (SSSR count). The van der Waals surface area contributed by atoms with E-state index in [1.165, 1.54) is 12.8 Å². The molecule has 5 heteroatoms. The summed E-state index contributed by atoms with van der Waals surface area (Å²) >= 11 is 7.11. The Hall–Kier alpha value is -1.33. The van der Waals surface area contributed by atoms with Crippen molar-refractivity contribution in [3.63, 3.8) is 0 Å². The number of hydrogen-bond donors (Lipinski definition) is 0. The lowest BCUT2D eigenvalue weighted by Gasteiger charge is -2.16. The molecule has 104 valence electrons. The highest BCUT2D eigenvalue weighted by Crippen LogP contribution is 2.23. The molecule has 0 atom stereocenters. The van der Waals surface area contributed by atoms with Crippen LogP contribution in [0.3, 0.4) is 0 Å². The van der Waals surface area contributed by atoms with Crippen LogP contribution in [0, 0.1) is 0 Å². The molecule has 2 aromatic rings. The van der Waals surface area contributed by atoms with Crippen LogP contribution >= 0.6 is 24.0 Å². The summed E-state index contributed by atoms with van der Waals surface area (Å²) in [6.07, 6.45) is 4.23. The van der Waals surface area contributed by atoms with Gasteiger partial charge in [-0.2, -0.15) is 0 Å². The summed E-state index contributed by atoms with van der Waals surface area (Å²) in [6.45, 7) is 2.19. The summed E-state index contributed by atoms with van der Waals surface area (Å²) in [5.74, 6) is 1.44. The zero-order chi connectivity index (χ0) is 13.8. The summed E-state index contributed by atoms with van der Waals surface area (Å²) < 4.78 is 6.51. The number of thioether (sulfide) groups is 1. The van der Waals surface area contributed by atoms with E-state index in [2.05, 4.69) is 9.88 Å². The molecule has 1 aliphatic rings. The van der Waals surface area contributed by atoms with Gasteiger partial charge in [0.1, 0.15) is 10.6 Å². The van der Waals surface area contributed by atoms with Gasteiger partial charge in [-0.1, -0.05) is 42.2 Å². The van der Waals surface area contributed by atoms with Crippen molar-refractivity contribution in [1.29, 1.82) is 0 Å². The van der Waals surface area contributed by atoms with Crippen molar-refractivity contribution in [1.82, 2.24) is 9.88 Å². The first kappa shape index (κ1) is 13.6. The number of nitrogens with zero attached hydrogens (tertiary/aromatic N) is 2. The van der Waals surface area contributed by atoms with Gasteiger partial charge >= 0.3 is 0 Å². The topological polar surface area (TPSA) is 29.3 Å². The molecule has 1 aromatic heterocycles. The van der Waals surface area contributed by atoms with Gasteiger partial charge in [-0.15, -0.1) is 0 Å². The highest BCUT2D eigenvalue weighted by Gasteiger charge is 2.15. The molecule has 0 bridgehead atoms. The van der Waals surface area contributed by atoms with E-state index < -0.39 is 0 Å². The van der Waals surface area contributed by atoms with Gasteiger partial charge in [-0.05, 0) is 25.0 Å².